The molecule has 1 aliphatic heterocycles. The van der Waals surface area contributed by atoms with Crippen LogP contribution in [0.3, 0.4) is 0 Å². The van der Waals surface area contributed by atoms with Crippen LogP contribution in [0.4, 0.5) is 0 Å². The Bertz CT molecular complexity index is 544. The van der Waals surface area contributed by atoms with Crippen molar-refractivity contribution < 1.29 is 0 Å². The van der Waals surface area contributed by atoms with Gasteiger partial charge in [0.15, 0.2) is 5.96 Å². The molecule has 0 spiro atoms. The molecule has 0 radical (unpaired) electrons. The predicted octanol–water partition coefficient (Wildman–Crippen LogP) is 2.82. The van der Waals surface area contributed by atoms with E-state index in [2.05, 4.69) is 32.3 Å². The highest BCUT2D eigenvalue weighted by Gasteiger charge is 2.15. The maximum atomic E-state index is 4.77. The average Bonchev–Trinajstić information content (AvgIpc) is 2.86. The molecule has 25 heavy (non-hydrogen) atoms. The maximum Gasteiger partial charge on any atom is 0.191 e. The Morgan fingerprint density at radius 3 is 2.80 bits per heavy atom. The van der Waals surface area contributed by atoms with Crippen LogP contribution in [0.25, 0.3) is 0 Å². The monoisotopic (exact) mass is 346 g/mol. The smallest absolute Gasteiger partial charge is 0.191 e. The molecule has 6 heteroatoms. The molecule has 0 saturated heterocycles. The predicted molar refractivity (Wildman–Crippen MR) is 102 cm³/mol. The van der Waals surface area contributed by atoms with E-state index in [1.54, 1.807) is 0 Å². The largest absolute Gasteiger partial charge is 0.357 e. The third-order valence-electron chi connectivity index (χ3n) is 5.30. The number of fused-ring (bicyclic) bond motifs is 1. The van der Waals surface area contributed by atoms with Crippen LogP contribution in [0, 0.1) is 0 Å². The first-order chi connectivity index (χ1) is 12.4. The number of aromatic nitrogens is 3. The third kappa shape index (κ3) is 5.44. The number of nitrogens with zero attached hydrogens (tertiary/aromatic N) is 4. The molecule has 2 heterocycles. The zero-order chi connectivity index (χ0) is 17.3. The number of rotatable bonds is 6. The Morgan fingerprint density at radius 1 is 1.12 bits per heavy atom. The van der Waals surface area contributed by atoms with E-state index in [4.69, 9.17) is 4.99 Å². The molecule has 6 nitrogen and oxygen atoms in total. The van der Waals surface area contributed by atoms with E-state index in [1.807, 2.05) is 0 Å². The molecule has 0 amide bonds. The zero-order valence-corrected chi connectivity index (χ0v) is 15.8. The van der Waals surface area contributed by atoms with Crippen molar-refractivity contribution in [2.75, 3.05) is 13.1 Å². The van der Waals surface area contributed by atoms with Crippen molar-refractivity contribution in [2.45, 2.75) is 90.1 Å². The van der Waals surface area contributed by atoms with Crippen LogP contribution in [-0.4, -0.2) is 39.9 Å². The van der Waals surface area contributed by atoms with E-state index >= 15 is 0 Å². The van der Waals surface area contributed by atoms with Gasteiger partial charge in [0.2, 0.25) is 0 Å². The van der Waals surface area contributed by atoms with Gasteiger partial charge < -0.3 is 15.2 Å². The van der Waals surface area contributed by atoms with Crippen LogP contribution < -0.4 is 10.6 Å². The molecule has 3 rings (SSSR count). The fourth-order valence-corrected chi connectivity index (χ4v) is 3.92. The average molecular weight is 347 g/mol. The van der Waals surface area contributed by atoms with Gasteiger partial charge in [-0.05, 0) is 39.0 Å². The SMILES string of the molecule is CCNC(=NCCCc1nnc2n1CCCCC2)NC1CCCCC1. The van der Waals surface area contributed by atoms with E-state index in [1.165, 1.54) is 57.2 Å². The molecule has 2 N–H and O–H groups in total. The van der Waals surface area contributed by atoms with Crippen LogP contribution in [0.2, 0.25) is 0 Å². The van der Waals surface area contributed by atoms with Gasteiger partial charge in [-0.15, -0.1) is 10.2 Å². The summed E-state index contributed by atoms with van der Waals surface area (Å²) in [6.45, 7) is 4.97. The summed E-state index contributed by atoms with van der Waals surface area (Å²) >= 11 is 0. The Kier molecular flexibility index (Phi) is 7.12. The molecule has 1 aromatic heterocycles. The Labute approximate surface area is 151 Å². The van der Waals surface area contributed by atoms with Crippen LogP contribution in [-0.2, 0) is 19.4 Å². The number of hydrogen-bond acceptors (Lipinski definition) is 3. The van der Waals surface area contributed by atoms with Crippen molar-refractivity contribution in [1.82, 2.24) is 25.4 Å². The molecule has 140 valence electrons. The van der Waals surface area contributed by atoms with Gasteiger partial charge in [0.25, 0.3) is 0 Å². The number of aliphatic imine (C=N–C) groups is 1. The highest BCUT2D eigenvalue weighted by atomic mass is 15.3. The van der Waals surface area contributed by atoms with Crippen LogP contribution in [0.1, 0.15) is 76.4 Å². The summed E-state index contributed by atoms with van der Waals surface area (Å²) in [6, 6.07) is 0.596. The highest BCUT2D eigenvalue weighted by molar-refractivity contribution is 5.80. The van der Waals surface area contributed by atoms with E-state index in [-0.39, 0.29) is 0 Å². The molecule has 0 bridgehead atoms. The van der Waals surface area contributed by atoms with Gasteiger partial charge in [-0.2, -0.15) is 0 Å². The van der Waals surface area contributed by atoms with Crippen molar-refractivity contribution in [2.24, 2.45) is 4.99 Å². The fraction of sp³-hybridized carbons (Fsp3) is 0.842. The second-order valence-electron chi connectivity index (χ2n) is 7.34. The van der Waals surface area contributed by atoms with Gasteiger partial charge in [-0.1, -0.05) is 25.7 Å². The maximum absolute atomic E-state index is 4.77. The van der Waals surface area contributed by atoms with Gasteiger partial charge in [0.05, 0.1) is 0 Å². The Balaban J connectivity index is 1.48. The second-order valence-corrected chi connectivity index (χ2v) is 7.34. The van der Waals surface area contributed by atoms with E-state index in [0.29, 0.717) is 6.04 Å². The van der Waals surface area contributed by atoms with Gasteiger partial charge >= 0.3 is 0 Å². The molecule has 1 fully saturated rings. The lowest BCUT2D eigenvalue weighted by Crippen LogP contribution is -2.44. The fourth-order valence-electron chi connectivity index (χ4n) is 3.92. The first kappa shape index (κ1) is 18.2. The summed E-state index contributed by atoms with van der Waals surface area (Å²) in [5.74, 6) is 3.31. The summed E-state index contributed by atoms with van der Waals surface area (Å²) in [7, 11) is 0. The minimum atomic E-state index is 0.596. The molecular formula is C19H34N6. The lowest BCUT2D eigenvalue weighted by molar-refractivity contribution is 0.410. The van der Waals surface area contributed by atoms with Crippen LogP contribution in [0.15, 0.2) is 4.99 Å². The van der Waals surface area contributed by atoms with E-state index in [0.717, 1.165) is 50.7 Å². The molecule has 1 aliphatic carbocycles. The second kappa shape index (κ2) is 9.78. The first-order valence-electron chi connectivity index (χ1n) is 10.3. The van der Waals surface area contributed by atoms with Crippen molar-refractivity contribution in [1.29, 1.82) is 0 Å². The lowest BCUT2D eigenvalue weighted by Gasteiger charge is -2.24. The molecule has 2 aliphatic rings. The van der Waals surface area contributed by atoms with Gasteiger partial charge in [0.1, 0.15) is 11.6 Å². The van der Waals surface area contributed by atoms with Crippen molar-refractivity contribution in [3.8, 4) is 0 Å². The molecule has 0 atom stereocenters. The number of guanidine groups is 1. The standard InChI is InChI=1S/C19H34N6/c1-2-20-19(22-16-10-5-3-6-11-16)21-14-9-13-18-24-23-17-12-7-4-8-15-25(17)18/h16H,2-15H2,1H3,(H2,20,21,22). The van der Waals surface area contributed by atoms with Gasteiger partial charge in [-0.3, -0.25) is 4.99 Å². The number of nitrogens with one attached hydrogen (secondary N) is 2. The topological polar surface area (TPSA) is 67.1 Å². The zero-order valence-electron chi connectivity index (χ0n) is 15.8. The molecule has 0 unspecified atom stereocenters. The molecular weight excluding hydrogens is 312 g/mol. The van der Waals surface area contributed by atoms with E-state index in [9.17, 15) is 0 Å². The first-order valence-corrected chi connectivity index (χ1v) is 10.3. The van der Waals surface area contributed by atoms with Crippen LogP contribution in [0.5, 0.6) is 0 Å². The summed E-state index contributed by atoms with van der Waals surface area (Å²) in [5, 5.41) is 15.8. The Morgan fingerprint density at radius 2 is 1.96 bits per heavy atom. The molecule has 1 aromatic rings. The lowest BCUT2D eigenvalue weighted by atomic mass is 9.96. The van der Waals surface area contributed by atoms with Crippen LogP contribution >= 0.6 is 0 Å². The minimum Gasteiger partial charge on any atom is -0.357 e. The number of hydrogen-bond donors (Lipinski definition) is 2. The van der Waals surface area contributed by atoms with Crippen molar-refractivity contribution in [3.05, 3.63) is 11.6 Å². The van der Waals surface area contributed by atoms with Gasteiger partial charge in [-0.25, -0.2) is 0 Å². The Hall–Kier alpha value is -1.59. The summed E-state index contributed by atoms with van der Waals surface area (Å²) in [6.07, 6.45) is 13.5. The summed E-state index contributed by atoms with van der Waals surface area (Å²) in [5.41, 5.74) is 0. The molecule has 0 aromatic carbocycles. The van der Waals surface area contributed by atoms with E-state index < -0.39 is 0 Å². The summed E-state index contributed by atoms with van der Waals surface area (Å²) in [4.78, 5) is 4.77. The third-order valence-corrected chi connectivity index (χ3v) is 5.30. The van der Waals surface area contributed by atoms with Crippen molar-refractivity contribution >= 4 is 5.96 Å². The minimum absolute atomic E-state index is 0.596. The molecule has 1 saturated carbocycles. The number of aryl methyl sites for hydroxylation is 2. The summed E-state index contributed by atoms with van der Waals surface area (Å²) < 4.78 is 2.35. The van der Waals surface area contributed by atoms with Crippen molar-refractivity contribution in [3.63, 3.8) is 0 Å². The van der Waals surface area contributed by atoms with Gasteiger partial charge in [0, 0.05) is 38.5 Å². The normalized spacial score (nSPS) is 19.3. The highest BCUT2D eigenvalue weighted by Crippen LogP contribution is 2.17. The quantitative estimate of drug-likeness (QED) is 0.472.